The third-order valence-corrected chi connectivity index (χ3v) is 2.88. The van der Waals surface area contributed by atoms with E-state index in [0.717, 1.165) is 24.8 Å². The molecule has 0 spiro atoms. The lowest BCUT2D eigenvalue weighted by molar-refractivity contribution is 0.549. The van der Waals surface area contributed by atoms with Crippen molar-refractivity contribution < 1.29 is 4.39 Å². The molecule has 0 aliphatic heterocycles. The standard InChI is InChI=1S/C13H19FN2S/c1-3-4-5-12(16-13(15)17)10-7-6-9(2)11(14)8-10/h6-8,12H,3-5H2,1-2H3,(H3,15,16,17)/t12-/m0/s1. The lowest BCUT2D eigenvalue weighted by Gasteiger charge is -2.19. The molecule has 1 rings (SSSR count). The molecule has 3 N–H and O–H groups in total. The van der Waals surface area contributed by atoms with Gasteiger partial charge in [0.25, 0.3) is 0 Å². The van der Waals surface area contributed by atoms with Gasteiger partial charge in [-0.15, -0.1) is 0 Å². The Hall–Kier alpha value is -1.16. The average molecular weight is 254 g/mol. The number of nitrogens with two attached hydrogens (primary N) is 1. The molecule has 0 saturated heterocycles. The van der Waals surface area contributed by atoms with Crippen molar-refractivity contribution in [1.29, 1.82) is 0 Å². The second-order valence-electron chi connectivity index (χ2n) is 4.21. The fourth-order valence-corrected chi connectivity index (χ4v) is 1.87. The number of halogens is 1. The van der Waals surface area contributed by atoms with Crippen molar-refractivity contribution in [3.63, 3.8) is 0 Å². The van der Waals surface area contributed by atoms with Crippen LogP contribution in [0.1, 0.15) is 43.4 Å². The molecule has 1 atom stereocenters. The number of hydrogen-bond donors (Lipinski definition) is 2. The number of unbranched alkanes of at least 4 members (excludes halogenated alkanes) is 1. The predicted octanol–water partition coefficient (Wildman–Crippen LogP) is 3.20. The highest BCUT2D eigenvalue weighted by Gasteiger charge is 2.12. The van der Waals surface area contributed by atoms with E-state index in [-0.39, 0.29) is 17.0 Å². The van der Waals surface area contributed by atoms with Crippen LogP contribution < -0.4 is 11.1 Å². The summed E-state index contributed by atoms with van der Waals surface area (Å²) in [7, 11) is 0. The number of nitrogens with one attached hydrogen (secondary N) is 1. The molecule has 2 nitrogen and oxygen atoms in total. The van der Waals surface area contributed by atoms with E-state index in [0.29, 0.717) is 5.56 Å². The Balaban J connectivity index is 2.86. The molecule has 0 heterocycles. The van der Waals surface area contributed by atoms with E-state index in [2.05, 4.69) is 12.2 Å². The van der Waals surface area contributed by atoms with Gasteiger partial charge in [0.2, 0.25) is 0 Å². The highest BCUT2D eigenvalue weighted by atomic mass is 32.1. The summed E-state index contributed by atoms with van der Waals surface area (Å²) >= 11 is 4.85. The van der Waals surface area contributed by atoms with Crippen LogP contribution >= 0.6 is 12.2 Å². The van der Waals surface area contributed by atoms with Crippen LogP contribution in [0.3, 0.4) is 0 Å². The normalized spacial score (nSPS) is 12.2. The first kappa shape index (κ1) is 13.9. The molecular weight excluding hydrogens is 235 g/mol. The molecule has 0 amide bonds. The number of hydrogen-bond acceptors (Lipinski definition) is 1. The van der Waals surface area contributed by atoms with Crippen LogP contribution in [0.2, 0.25) is 0 Å². The second kappa shape index (κ2) is 6.55. The fourth-order valence-electron chi connectivity index (χ4n) is 1.73. The van der Waals surface area contributed by atoms with Crippen molar-refractivity contribution in [1.82, 2.24) is 5.32 Å². The lowest BCUT2D eigenvalue weighted by Crippen LogP contribution is -2.33. The van der Waals surface area contributed by atoms with Crippen molar-refractivity contribution in [3.05, 3.63) is 35.1 Å². The molecule has 0 saturated carbocycles. The van der Waals surface area contributed by atoms with Gasteiger partial charge in [0.05, 0.1) is 6.04 Å². The van der Waals surface area contributed by atoms with Crippen molar-refractivity contribution in [2.45, 2.75) is 39.2 Å². The summed E-state index contributed by atoms with van der Waals surface area (Å²) in [6.45, 7) is 3.87. The number of aryl methyl sites for hydroxylation is 1. The predicted molar refractivity (Wildman–Crippen MR) is 73.3 cm³/mol. The summed E-state index contributed by atoms with van der Waals surface area (Å²) in [6.07, 6.45) is 3.04. The van der Waals surface area contributed by atoms with Crippen LogP contribution in [0.15, 0.2) is 18.2 Å². The van der Waals surface area contributed by atoms with Crippen LogP contribution in [-0.4, -0.2) is 5.11 Å². The van der Waals surface area contributed by atoms with Gasteiger partial charge in [0, 0.05) is 0 Å². The van der Waals surface area contributed by atoms with Gasteiger partial charge >= 0.3 is 0 Å². The average Bonchev–Trinajstić information content (AvgIpc) is 2.27. The summed E-state index contributed by atoms with van der Waals surface area (Å²) in [5.41, 5.74) is 7.05. The second-order valence-corrected chi connectivity index (χ2v) is 4.65. The molecule has 0 aliphatic rings. The zero-order valence-corrected chi connectivity index (χ0v) is 11.1. The van der Waals surface area contributed by atoms with Crippen LogP contribution in [0, 0.1) is 12.7 Å². The number of rotatable bonds is 5. The zero-order chi connectivity index (χ0) is 12.8. The molecule has 94 valence electrons. The minimum Gasteiger partial charge on any atom is -0.376 e. The minimum absolute atomic E-state index is 0.00236. The maximum atomic E-state index is 13.5. The molecule has 0 fully saturated rings. The van der Waals surface area contributed by atoms with Crippen LogP contribution in [-0.2, 0) is 0 Å². The Morgan fingerprint density at radius 2 is 2.24 bits per heavy atom. The van der Waals surface area contributed by atoms with Gasteiger partial charge < -0.3 is 11.1 Å². The quantitative estimate of drug-likeness (QED) is 0.792. The van der Waals surface area contributed by atoms with Gasteiger partial charge in [0.1, 0.15) is 5.82 Å². The Kier molecular flexibility index (Phi) is 5.35. The topological polar surface area (TPSA) is 38.0 Å². The first-order valence-electron chi connectivity index (χ1n) is 5.86. The minimum atomic E-state index is -0.186. The summed E-state index contributed by atoms with van der Waals surface area (Å²) in [5, 5.41) is 3.28. The van der Waals surface area contributed by atoms with E-state index in [1.54, 1.807) is 19.1 Å². The molecule has 4 heteroatoms. The molecule has 0 unspecified atom stereocenters. The van der Waals surface area contributed by atoms with Gasteiger partial charge in [-0.3, -0.25) is 0 Å². The van der Waals surface area contributed by atoms with E-state index >= 15 is 0 Å². The summed E-state index contributed by atoms with van der Waals surface area (Å²) in [5.74, 6) is -0.186. The van der Waals surface area contributed by atoms with Gasteiger partial charge in [0.15, 0.2) is 5.11 Å². The summed E-state index contributed by atoms with van der Waals surface area (Å²) in [6, 6.07) is 5.26. The Morgan fingerprint density at radius 1 is 1.53 bits per heavy atom. The largest absolute Gasteiger partial charge is 0.376 e. The van der Waals surface area contributed by atoms with E-state index in [1.165, 1.54) is 0 Å². The van der Waals surface area contributed by atoms with Gasteiger partial charge in [-0.1, -0.05) is 31.9 Å². The number of thiocarbonyl (C=S) groups is 1. The molecule has 1 aromatic carbocycles. The van der Waals surface area contributed by atoms with Crippen LogP contribution in [0.4, 0.5) is 4.39 Å². The maximum Gasteiger partial charge on any atom is 0.164 e. The Labute approximate surface area is 107 Å². The molecule has 0 bridgehead atoms. The van der Waals surface area contributed by atoms with Crippen molar-refractivity contribution in [2.75, 3.05) is 0 Å². The Bertz CT molecular complexity index is 393. The van der Waals surface area contributed by atoms with Crippen LogP contribution in [0.5, 0.6) is 0 Å². The third-order valence-electron chi connectivity index (χ3n) is 2.76. The molecular formula is C13H19FN2S. The molecule has 0 aliphatic carbocycles. The van der Waals surface area contributed by atoms with Crippen molar-refractivity contribution >= 4 is 17.3 Å². The third kappa shape index (κ3) is 4.30. The van der Waals surface area contributed by atoms with Crippen molar-refractivity contribution in [2.24, 2.45) is 5.73 Å². The van der Waals surface area contributed by atoms with E-state index < -0.39 is 0 Å². The monoisotopic (exact) mass is 254 g/mol. The molecule has 0 radical (unpaired) electrons. The number of benzene rings is 1. The lowest BCUT2D eigenvalue weighted by atomic mass is 10.00. The summed E-state index contributed by atoms with van der Waals surface area (Å²) < 4.78 is 13.5. The first-order chi connectivity index (χ1) is 8.04. The smallest absolute Gasteiger partial charge is 0.164 e. The van der Waals surface area contributed by atoms with E-state index in [9.17, 15) is 4.39 Å². The maximum absolute atomic E-state index is 13.5. The molecule has 17 heavy (non-hydrogen) atoms. The summed E-state index contributed by atoms with van der Waals surface area (Å²) in [4.78, 5) is 0. The Morgan fingerprint density at radius 3 is 2.76 bits per heavy atom. The first-order valence-corrected chi connectivity index (χ1v) is 6.27. The molecule has 0 aromatic heterocycles. The van der Waals surface area contributed by atoms with Gasteiger partial charge in [-0.25, -0.2) is 4.39 Å². The van der Waals surface area contributed by atoms with Gasteiger partial charge in [-0.2, -0.15) is 0 Å². The van der Waals surface area contributed by atoms with Gasteiger partial charge in [-0.05, 0) is 42.8 Å². The van der Waals surface area contributed by atoms with E-state index in [1.807, 2.05) is 6.07 Å². The van der Waals surface area contributed by atoms with E-state index in [4.69, 9.17) is 18.0 Å². The van der Waals surface area contributed by atoms with Crippen molar-refractivity contribution in [3.8, 4) is 0 Å². The van der Waals surface area contributed by atoms with Crippen LogP contribution in [0.25, 0.3) is 0 Å². The highest BCUT2D eigenvalue weighted by Crippen LogP contribution is 2.21. The highest BCUT2D eigenvalue weighted by molar-refractivity contribution is 7.80. The SMILES string of the molecule is CCCC[C@H](NC(N)=S)c1ccc(C)c(F)c1. The zero-order valence-electron chi connectivity index (χ0n) is 10.3. The molecule has 1 aromatic rings. The fraction of sp³-hybridized carbons (Fsp3) is 0.462.